The van der Waals surface area contributed by atoms with Crippen LogP contribution in [0.5, 0.6) is 0 Å². The van der Waals surface area contributed by atoms with Crippen molar-refractivity contribution in [2.75, 3.05) is 20.2 Å². The predicted molar refractivity (Wildman–Crippen MR) is 86.9 cm³/mol. The number of H-pyrrole nitrogens is 1. The molecule has 122 valence electrons. The average Bonchev–Trinajstić information content (AvgIpc) is 2.88. The van der Waals surface area contributed by atoms with E-state index in [4.69, 9.17) is 9.84 Å². The minimum Gasteiger partial charge on any atom is -0.465 e. The van der Waals surface area contributed by atoms with Crippen molar-refractivity contribution in [2.24, 2.45) is 0 Å². The number of imidazole rings is 1. The number of hydrogen-bond acceptors (Lipinski definition) is 4. The number of aromatic nitrogens is 2. The lowest BCUT2D eigenvalue weighted by atomic mass is 10.0. The Balaban J connectivity index is 2.02. The molecule has 1 aromatic heterocycles. The lowest BCUT2D eigenvalue weighted by molar-refractivity contribution is 0.0100. The molecule has 8 nitrogen and oxygen atoms in total. The number of nitrogens with one attached hydrogen (secondary N) is 2. The number of likely N-dealkylation sites (tertiary alicyclic amines) is 1. The molecule has 9 heteroatoms. The van der Waals surface area contributed by atoms with Gasteiger partial charge in [-0.2, -0.15) is 0 Å². The molecule has 0 aromatic carbocycles. The maximum absolute atomic E-state index is 12.3. The van der Waals surface area contributed by atoms with Crippen molar-refractivity contribution in [3.05, 3.63) is 15.2 Å². The van der Waals surface area contributed by atoms with E-state index >= 15 is 0 Å². The van der Waals surface area contributed by atoms with E-state index in [2.05, 4.69) is 37.9 Å². The van der Waals surface area contributed by atoms with E-state index < -0.39 is 6.09 Å². The molecule has 2 atom stereocenters. The van der Waals surface area contributed by atoms with Crippen LogP contribution in [0, 0.1) is 3.70 Å². The van der Waals surface area contributed by atoms with E-state index in [0.717, 1.165) is 15.8 Å². The lowest BCUT2D eigenvalue weighted by Crippen LogP contribution is -2.55. The third-order valence-electron chi connectivity index (χ3n) is 3.75. The fraction of sp³-hybridized carbons (Fsp3) is 0.615. The number of ether oxygens (including phenoxy) is 1. The van der Waals surface area contributed by atoms with Crippen molar-refractivity contribution in [2.45, 2.75) is 31.9 Å². The zero-order valence-corrected chi connectivity index (χ0v) is 14.6. The number of amides is 2. The normalized spacial score (nSPS) is 21.7. The van der Waals surface area contributed by atoms with Gasteiger partial charge >= 0.3 is 6.09 Å². The first-order chi connectivity index (χ1) is 10.5. The van der Waals surface area contributed by atoms with Crippen LogP contribution in [0.3, 0.4) is 0 Å². The first-order valence-electron chi connectivity index (χ1n) is 7.02. The fourth-order valence-corrected chi connectivity index (χ4v) is 3.22. The number of carbonyl (C=O) groups excluding carboxylic acids is 1. The van der Waals surface area contributed by atoms with E-state index in [1.165, 1.54) is 12.0 Å². The second-order valence-corrected chi connectivity index (χ2v) is 6.10. The van der Waals surface area contributed by atoms with E-state index in [1.807, 2.05) is 6.92 Å². The highest BCUT2D eigenvalue weighted by Gasteiger charge is 2.33. The highest BCUT2D eigenvalue weighted by atomic mass is 127. The first-order valence-corrected chi connectivity index (χ1v) is 8.10. The van der Waals surface area contributed by atoms with Crippen LogP contribution in [0.15, 0.2) is 0 Å². The molecule has 1 aliphatic rings. The van der Waals surface area contributed by atoms with Gasteiger partial charge in [0.2, 0.25) is 0 Å². The summed E-state index contributed by atoms with van der Waals surface area (Å²) in [6.07, 6.45) is -0.0564. The molecule has 1 fully saturated rings. The van der Waals surface area contributed by atoms with Crippen LogP contribution in [-0.2, 0) is 11.2 Å². The number of halogens is 1. The number of nitrogens with zero attached hydrogens (tertiary/aromatic N) is 2. The number of piperidine rings is 1. The molecule has 1 aromatic rings. The van der Waals surface area contributed by atoms with Crippen LogP contribution in [0.1, 0.15) is 29.7 Å². The van der Waals surface area contributed by atoms with Gasteiger partial charge in [-0.15, -0.1) is 0 Å². The molecule has 2 heterocycles. The van der Waals surface area contributed by atoms with E-state index in [-0.39, 0.29) is 30.4 Å². The first kappa shape index (κ1) is 17.0. The molecule has 0 saturated carbocycles. The molecule has 2 amide bonds. The number of aromatic amines is 1. The van der Waals surface area contributed by atoms with Crippen LogP contribution in [-0.4, -0.2) is 64.3 Å². The Morgan fingerprint density at radius 1 is 1.59 bits per heavy atom. The SMILES string of the molecule is CCc1[nH]c(C(=O)NC2CCN(C(=O)O)CC2OC)nc1I. The molecule has 2 rings (SSSR count). The largest absolute Gasteiger partial charge is 0.465 e. The van der Waals surface area contributed by atoms with E-state index in [0.29, 0.717) is 13.0 Å². The summed E-state index contributed by atoms with van der Waals surface area (Å²) in [7, 11) is 1.51. The van der Waals surface area contributed by atoms with Crippen molar-refractivity contribution >= 4 is 34.6 Å². The molecule has 3 N–H and O–H groups in total. The summed E-state index contributed by atoms with van der Waals surface area (Å²) < 4.78 is 6.11. The van der Waals surface area contributed by atoms with Crippen molar-refractivity contribution in [1.29, 1.82) is 0 Å². The maximum Gasteiger partial charge on any atom is 0.407 e. The quantitative estimate of drug-likeness (QED) is 0.630. The number of carbonyl (C=O) groups is 2. The topological polar surface area (TPSA) is 108 Å². The van der Waals surface area contributed by atoms with Gasteiger partial charge in [0.25, 0.3) is 5.91 Å². The van der Waals surface area contributed by atoms with Gasteiger partial charge in [-0.05, 0) is 35.4 Å². The highest BCUT2D eigenvalue weighted by molar-refractivity contribution is 14.1. The lowest BCUT2D eigenvalue weighted by Gasteiger charge is -2.36. The third kappa shape index (κ3) is 3.69. The van der Waals surface area contributed by atoms with Crippen molar-refractivity contribution in [3.8, 4) is 0 Å². The minimum atomic E-state index is -0.972. The average molecular weight is 422 g/mol. The van der Waals surface area contributed by atoms with E-state index in [1.54, 1.807) is 0 Å². The zero-order valence-electron chi connectivity index (χ0n) is 12.4. The predicted octanol–water partition coefficient (Wildman–Crippen LogP) is 1.07. The second kappa shape index (κ2) is 7.27. The smallest absolute Gasteiger partial charge is 0.407 e. The summed E-state index contributed by atoms with van der Waals surface area (Å²) in [4.78, 5) is 31.8. The fourth-order valence-electron chi connectivity index (χ4n) is 2.46. The van der Waals surface area contributed by atoms with Crippen LogP contribution in [0.4, 0.5) is 4.79 Å². The highest BCUT2D eigenvalue weighted by Crippen LogP contribution is 2.15. The Hall–Kier alpha value is -1.36. The molecule has 22 heavy (non-hydrogen) atoms. The molecule has 0 radical (unpaired) electrons. The Kier molecular flexibility index (Phi) is 5.62. The van der Waals surface area contributed by atoms with Gasteiger partial charge in [-0.1, -0.05) is 6.92 Å². The van der Waals surface area contributed by atoms with Crippen molar-refractivity contribution in [3.63, 3.8) is 0 Å². The molecule has 0 bridgehead atoms. The standard InChI is InChI=1S/C13H19IN4O4/c1-3-7-10(14)17-11(15-7)12(19)16-8-4-5-18(13(20)21)6-9(8)22-2/h8-9H,3-6H2,1-2H3,(H,15,17)(H,16,19)(H,20,21). The molecular formula is C13H19IN4O4. The summed E-state index contributed by atoms with van der Waals surface area (Å²) in [5.41, 5.74) is 0.926. The maximum atomic E-state index is 12.3. The van der Waals surface area contributed by atoms with Crippen molar-refractivity contribution in [1.82, 2.24) is 20.2 Å². The van der Waals surface area contributed by atoms with Crippen LogP contribution in [0.2, 0.25) is 0 Å². The Morgan fingerprint density at radius 3 is 2.86 bits per heavy atom. The molecule has 0 spiro atoms. The second-order valence-electron chi connectivity index (χ2n) is 5.08. The minimum absolute atomic E-state index is 0.235. The zero-order chi connectivity index (χ0) is 16.3. The molecular weight excluding hydrogens is 403 g/mol. The number of hydrogen-bond donors (Lipinski definition) is 3. The summed E-state index contributed by atoms with van der Waals surface area (Å²) >= 11 is 2.09. The number of rotatable bonds is 4. The van der Waals surface area contributed by atoms with Crippen molar-refractivity contribution < 1.29 is 19.4 Å². The molecule has 2 unspecified atom stereocenters. The molecule has 1 saturated heterocycles. The molecule has 0 aliphatic carbocycles. The van der Waals surface area contributed by atoms with Crippen LogP contribution in [0.25, 0.3) is 0 Å². The van der Waals surface area contributed by atoms with Gasteiger partial charge < -0.3 is 25.0 Å². The monoisotopic (exact) mass is 422 g/mol. The van der Waals surface area contributed by atoms with Gasteiger partial charge in [0.05, 0.1) is 18.7 Å². The van der Waals surface area contributed by atoms with Gasteiger partial charge in [0, 0.05) is 19.3 Å². The number of methoxy groups -OCH3 is 1. The molecule has 1 aliphatic heterocycles. The Morgan fingerprint density at radius 2 is 2.32 bits per heavy atom. The summed E-state index contributed by atoms with van der Waals surface area (Å²) in [6, 6.07) is -0.235. The van der Waals surface area contributed by atoms with Gasteiger partial charge in [0.1, 0.15) is 3.70 Å². The summed E-state index contributed by atoms with van der Waals surface area (Å²) in [6.45, 7) is 2.60. The number of aryl methyl sites for hydroxylation is 1. The van der Waals surface area contributed by atoms with Gasteiger partial charge in [-0.3, -0.25) is 4.79 Å². The van der Waals surface area contributed by atoms with E-state index in [9.17, 15) is 9.59 Å². The number of carboxylic acid groups (broad SMARTS) is 1. The summed E-state index contributed by atoms with van der Waals surface area (Å²) in [5.74, 6) is -0.0230. The third-order valence-corrected chi connectivity index (χ3v) is 4.64. The van der Waals surface area contributed by atoms with Gasteiger partial charge in [0.15, 0.2) is 5.82 Å². The Labute approximate surface area is 141 Å². The van der Waals surface area contributed by atoms with Gasteiger partial charge in [-0.25, -0.2) is 9.78 Å². The van der Waals surface area contributed by atoms with Crippen LogP contribution < -0.4 is 5.32 Å². The summed E-state index contributed by atoms with van der Waals surface area (Å²) in [5, 5.41) is 11.9. The van der Waals surface area contributed by atoms with Crippen LogP contribution >= 0.6 is 22.6 Å². The Bertz CT molecular complexity index is 562.